The van der Waals surface area contributed by atoms with Gasteiger partial charge in [0.05, 0.1) is 0 Å². The van der Waals surface area contributed by atoms with E-state index in [0.29, 0.717) is 11.6 Å². The van der Waals surface area contributed by atoms with Gasteiger partial charge in [0.15, 0.2) is 0 Å². The molecule has 2 unspecified atom stereocenters. The van der Waals surface area contributed by atoms with Gasteiger partial charge in [0.1, 0.15) is 5.82 Å². The Morgan fingerprint density at radius 2 is 2.13 bits per heavy atom. The van der Waals surface area contributed by atoms with Crippen LogP contribution in [0, 0.1) is 18.7 Å². The van der Waals surface area contributed by atoms with Crippen molar-refractivity contribution in [1.29, 1.82) is 0 Å². The minimum absolute atomic E-state index is 0.125. The zero-order chi connectivity index (χ0) is 10.8. The van der Waals surface area contributed by atoms with Crippen LogP contribution in [-0.2, 0) is 0 Å². The van der Waals surface area contributed by atoms with E-state index in [0.717, 1.165) is 11.6 Å². The van der Waals surface area contributed by atoms with E-state index in [-0.39, 0.29) is 5.82 Å². The zero-order valence-corrected chi connectivity index (χ0v) is 9.39. The third-order valence-electron chi connectivity index (χ3n) is 3.22. The van der Waals surface area contributed by atoms with Crippen LogP contribution in [0.25, 0.3) is 0 Å². The summed E-state index contributed by atoms with van der Waals surface area (Å²) in [5.74, 6) is 0.699. The van der Waals surface area contributed by atoms with Gasteiger partial charge in [0, 0.05) is 11.7 Å². The first-order valence-electron chi connectivity index (χ1n) is 5.68. The molecule has 15 heavy (non-hydrogen) atoms. The summed E-state index contributed by atoms with van der Waals surface area (Å²) < 4.78 is 13.0. The largest absolute Gasteiger partial charge is 0.382 e. The summed E-state index contributed by atoms with van der Waals surface area (Å²) >= 11 is 0. The van der Waals surface area contributed by atoms with Gasteiger partial charge < -0.3 is 5.32 Å². The predicted octanol–water partition coefficient (Wildman–Crippen LogP) is 3.73. The van der Waals surface area contributed by atoms with Gasteiger partial charge in [-0.05, 0) is 55.9 Å². The van der Waals surface area contributed by atoms with E-state index in [1.54, 1.807) is 6.92 Å². The Kier molecular flexibility index (Phi) is 2.94. The second-order valence-corrected chi connectivity index (χ2v) is 4.72. The quantitative estimate of drug-likeness (QED) is 0.779. The molecule has 1 aromatic carbocycles. The minimum Gasteiger partial charge on any atom is -0.382 e. The molecule has 1 aliphatic carbocycles. The number of benzene rings is 1. The van der Waals surface area contributed by atoms with E-state index in [2.05, 4.69) is 12.2 Å². The number of halogens is 1. The number of rotatable bonds is 2. The zero-order valence-electron chi connectivity index (χ0n) is 9.39. The first-order valence-corrected chi connectivity index (χ1v) is 5.68. The van der Waals surface area contributed by atoms with Gasteiger partial charge in [-0.3, -0.25) is 0 Å². The van der Waals surface area contributed by atoms with Crippen LogP contribution in [0.1, 0.15) is 31.7 Å². The maximum atomic E-state index is 13.0. The predicted molar refractivity (Wildman–Crippen MR) is 61.6 cm³/mol. The molecule has 0 heterocycles. The summed E-state index contributed by atoms with van der Waals surface area (Å²) in [6, 6.07) is 5.82. The van der Waals surface area contributed by atoms with Crippen LogP contribution in [0.15, 0.2) is 18.2 Å². The molecule has 2 heteroatoms. The van der Waals surface area contributed by atoms with Crippen molar-refractivity contribution in [1.82, 2.24) is 0 Å². The lowest BCUT2D eigenvalue weighted by atomic mass is 10.1. The molecule has 1 nitrogen and oxygen atoms in total. The van der Waals surface area contributed by atoms with Crippen LogP contribution >= 0.6 is 0 Å². The molecule has 1 N–H and O–H groups in total. The van der Waals surface area contributed by atoms with E-state index < -0.39 is 0 Å². The van der Waals surface area contributed by atoms with Crippen molar-refractivity contribution in [3.63, 3.8) is 0 Å². The highest BCUT2D eigenvalue weighted by Gasteiger charge is 2.20. The summed E-state index contributed by atoms with van der Waals surface area (Å²) in [5.41, 5.74) is 1.76. The summed E-state index contributed by atoms with van der Waals surface area (Å²) in [4.78, 5) is 0. The van der Waals surface area contributed by atoms with E-state index in [9.17, 15) is 4.39 Å². The Morgan fingerprint density at radius 3 is 2.73 bits per heavy atom. The van der Waals surface area contributed by atoms with Crippen molar-refractivity contribution in [3.8, 4) is 0 Å². The number of hydrogen-bond acceptors (Lipinski definition) is 1. The normalized spacial score (nSPS) is 25.5. The average Bonchev–Trinajstić information content (AvgIpc) is 2.58. The van der Waals surface area contributed by atoms with Crippen LogP contribution < -0.4 is 5.32 Å². The molecule has 0 aromatic heterocycles. The second-order valence-electron chi connectivity index (χ2n) is 4.72. The number of nitrogens with one attached hydrogen (secondary N) is 1. The van der Waals surface area contributed by atoms with Crippen molar-refractivity contribution >= 4 is 5.69 Å². The lowest BCUT2D eigenvalue weighted by Gasteiger charge is -2.14. The summed E-state index contributed by atoms with van der Waals surface area (Å²) in [6.07, 6.45) is 3.77. The number of hydrogen-bond donors (Lipinski definition) is 1. The van der Waals surface area contributed by atoms with Gasteiger partial charge in [0.2, 0.25) is 0 Å². The maximum absolute atomic E-state index is 13.0. The smallest absolute Gasteiger partial charge is 0.126 e. The van der Waals surface area contributed by atoms with Gasteiger partial charge in [-0.25, -0.2) is 4.39 Å². The molecule has 1 aromatic rings. The molecule has 0 radical (unpaired) electrons. The average molecular weight is 207 g/mol. The topological polar surface area (TPSA) is 12.0 Å². The van der Waals surface area contributed by atoms with Gasteiger partial charge in [-0.1, -0.05) is 6.92 Å². The van der Waals surface area contributed by atoms with Gasteiger partial charge >= 0.3 is 0 Å². The summed E-state index contributed by atoms with van der Waals surface area (Å²) in [7, 11) is 0. The first-order chi connectivity index (χ1) is 7.15. The first kappa shape index (κ1) is 10.5. The third kappa shape index (κ3) is 2.49. The van der Waals surface area contributed by atoms with E-state index in [4.69, 9.17) is 0 Å². The Balaban J connectivity index is 2.02. The Bertz CT molecular complexity index is 348. The van der Waals surface area contributed by atoms with Crippen molar-refractivity contribution in [2.75, 3.05) is 5.32 Å². The fourth-order valence-corrected chi connectivity index (χ4v) is 2.31. The molecule has 0 bridgehead atoms. The molecule has 0 spiro atoms. The van der Waals surface area contributed by atoms with Crippen LogP contribution in [0.3, 0.4) is 0 Å². The van der Waals surface area contributed by atoms with Crippen LogP contribution in [-0.4, -0.2) is 6.04 Å². The Hall–Kier alpha value is -1.05. The number of aryl methyl sites for hydroxylation is 1. The molecule has 1 aliphatic rings. The van der Waals surface area contributed by atoms with E-state index >= 15 is 0 Å². The summed E-state index contributed by atoms with van der Waals surface area (Å²) in [6.45, 7) is 4.09. The van der Waals surface area contributed by atoms with E-state index in [1.165, 1.54) is 25.3 Å². The standard InChI is InChI=1S/C13H18FN/c1-9-3-4-11(7-9)15-12-5-6-13(14)10(2)8-12/h5-6,8-9,11,15H,3-4,7H2,1-2H3. The highest BCUT2D eigenvalue weighted by molar-refractivity contribution is 5.46. The molecule has 2 atom stereocenters. The second kappa shape index (κ2) is 4.21. The molecule has 1 saturated carbocycles. The SMILES string of the molecule is Cc1cc(NC2CCC(C)C2)ccc1F. The monoisotopic (exact) mass is 207 g/mol. The maximum Gasteiger partial charge on any atom is 0.126 e. The molecule has 1 fully saturated rings. The molecule has 0 amide bonds. The van der Waals surface area contributed by atoms with Gasteiger partial charge in [0.25, 0.3) is 0 Å². The molecule has 0 saturated heterocycles. The summed E-state index contributed by atoms with van der Waals surface area (Å²) in [5, 5.41) is 3.47. The lowest BCUT2D eigenvalue weighted by molar-refractivity contribution is 0.602. The molecular formula is C13H18FN. The Labute approximate surface area is 90.7 Å². The van der Waals surface area contributed by atoms with Crippen LogP contribution in [0.5, 0.6) is 0 Å². The molecule has 0 aliphatic heterocycles. The van der Waals surface area contributed by atoms with Crippen molar-refractivity contribution in [2.24, 2.45) is 5.92 Å². The van der Waals surface area contributed by atoms with Crippen molar-refractivity contribution < 1.29 is 4.39 Å². The van der Waals surface area contributed by atoms with Crippen LogP contribution in [0.4, 0.5) is 10.1 Å². The fourth-order valence-electron chi connectivity index (χ4n) is 2.31. The molecular weight excluding hydrogens is 189 g/mol. The fraction of sp³-hybridized carbons (Fsp3) is 0.538. The third-order valence-corrected chi connectivity index (χ3v) is 3.22. The Morgan fingerprint density at radius 1 is 1.33 bits per heavy atom. The molecule has 2 rings (SSSR count). The highest BCUT2D eigenvalue weighted by atomic mass is 19.1. The molecule has 82 valence electrons. The van der Waals surface area contributed by atoms with Crippen LogP contribution in [0.2, 0.25) is 0 Å². The lowest BCUT2D eigenvalue weighted by Crippen LogP contribution is -2.15. The highest BCUT2D eigenvalue weighted by Crippen LogP contribution is 2.27. The van der Waals surface area contributed by atoms with Gasteiger partial charge in [-0.15, -0.1) is 0 Å². The van der Waals surface area contributed by atoms with Gasteiger partial charge in [-0.2, -0.15) is 0 Å². The van der Waals surface area contributed by atoms with E-state index in [1.807, 2.05) is 12.1 Å². The number of anilines is 1. The van der Waals surface area contributed by atoms with Crippen molar-refractivity contribution in [2.45, 2.75) is 39.2 Å². The van der Waals surface area contributed by atoms with Crippen molar-refractivity contribution in [3.05, 3.63) is 29.6 Å². The minimum atomic E-state index is -0.125.